The molecule has 4 fully saturated rings. The van der Waals surface area contributed by atoms with Crippen LogP contribution in [0.3, 0.4) is 0 Å². The number of unbranched alkanes of at least 4 members (excludes halogenated alkanes) is 1. The van der Waals surface area contributed by atoms with Crippen LogP contribution in [-0.2, 0) is 26.2 Å². The van der Waals surface area contributed by atoms with Gasteiger partial charge >= 0.3 is 0 Å². The Labute approximate surface area is 339 Å². The summed E-state index contributed by atoms with van der Waals surface area (Å²) in [6.07, 6.45) is 10.9. The Balaban J connectivity index is 0.609. The van der Waals surface area contributed by atoms with Crippen LogP contribution in [0.5, 0.6) is 11.6 Å². The van der Waals surface area contributed by atoms with E-state index in [1.807, 2.05) is 41.7 Å². The van der Waals surface area contributed by atoms with Crippen LogP contribution in [0.2, 0.25) is 0 Å². The Hall–Kier alpha value is -6.15. The molecule has 0 radical (unpaired) electrons. The van der Waals surface area contributed by atoms with Crippen LogP contribution in [-0.4, -0.2) is 98.4 Å². The first-order valence-electron chi connectivity index (χ1n) is 20.5. The summed E-state index contributed by atoms with van der Waals surface area (Å²) in [5.74, 6) is -0.861. The lowest BCUT2D eigenvalue weighted by Gasteiger charge is -2.59. The molecule has 1 atom stereocenters. The van der Waals surface area contributed by atoms with Gasteiger partial charge in [0.25, 0.3) is 11.8 Å². The molecule has 14 nitrogen and oxygen atoms in total. The molecule has 1 unspecified atom stereocenters. The third-order valence-corrected chi connectivity index (χ3v) is 12.9. The molecule has 14 heteroatoms. The molecular formula is C45H44N6O8. The van der Waals surface area contributed by atoms with Crippen LogP contribution in [0.25, 0.3) is 32.9 Å². The van der Waals surface area contributed by atoms with Gasteiger partial charge in [-0.2, -0.15) is 0 Å². The Kier molecular flexibility index (Phi) is 9.19. The summed E-state index contributed by atoms with van der Waals surface area (Å²) in [6, 6.07) is 16.2. The number of amides is 5. The van der Waals surface area contributed by atoms with Gasteiger partial charge in [0.1, 0.15) is 17.9 Å². The molecule has 2 saturated heterocycles. The fourth-order valence-electron chi connectivity index (χ4n) is 9.53. The summed E-state index contributed by atoms with van der Waals surface area (Å²) in [5, 5.41) is 4.52. The number of carbonyl (C=O) groups is 5. The van der Waals surface area contributed by atoms with Gasteiger partial charge in [-0.25, -0.2) is 4.98 Å². The van der Waals surface area contributed by atoms with E-state index in [-0.39, 0.29) is 53.4 Å². The number of fused-ring (bicyclic) bond motifs is 4. The molecule has 0 bridgehead atoms. The zero-order chi connectivity index (χ0) is 40.4. The highest BCUT2D eigenvalue weighted by Crippen LogP contribution is 2.50. The molecule has 3 aliphatic heterocycles. The van der Waals surface area contributed by atoms with Gasteiger partial charge in [-0.1, -0.05) is 12.1 Å². The normalized spacial score (nSPS) is 22.3. The number of benzene rings is 2. The number of ether oxygens (including phenoxy) is 3. The van der Waals surface area contributed by atoms with Gasteiger partial charge in [-0.3, -0.25) is 39.2 Å². The number of likely N-dealkylation sites (tertiary alicyclic amines) is 1. The van der Waals surface area contributed by atoms with Crippen LogP contribution in [0, 0.1) is 11.3 Å². The maximum Gasteiger partial charge on any atom is 0.262 e. The lowest BCUT2D eigenvalue weighted by molar-refractivity contribution is -0.178. The lowest BCUT2D eigenvalue weighted by Crippen LogP contribution is -2.66. The Morgan fingerprint density at radius 3 is 2.44 bits per heavy atom. The number of piperidine rings is 1. The third-order valence-electron chi connectivity index (χ3n) is 12.9. The molecule has 5 aliphatic rings. The lowest BCUT2D eigenvalue weighted by atomic mass is 9.61. The number of pyridine rings is 2. The molecule has 59 heavy (non-hydrogen) atoms. The number of hydrogen-bond acceptors (Lipinski definition) is 10. The number of carbonyl (C=O) groups excluding carboxylic acids is 5. The van der Waals surface area contributed by atoms with Crippen molar-refractivity contribution in [2.24, 2.45) is 18.4 Å². The second-order valence-electron chi connectivity index (χ2n) is 16.8. The van der Waals surface area contributed by atoms with Crippen molar-refractivity contribution in [2.75, 3.05) is 26.3 Å². The zero-order valence-electron chi connectivity index (χ0n) is 32.7. The number of nitrogens with one attached hydrogen (secondary N) is 1. The molecule has 302 valence electrons. The van der Waals surface area contributed by atoms with Crippen LogP contribution >= 0.6 is 0 Å². The predicted molar refractivity (Wildman–Crippen MR) is 214 cm³/mol. The van der Waals surface area contributed by atoms with Gasteiger partial charge in [-0.05, 0) is 86.9 Å². The summed E-state index contributed by atoms with van der Waals surface area (Å²) in [5.41, 5.74) is 5.00. The number of aromatic nitrogens is 3. The van der Waals surface area contributed by atoms with Crippen molar-refractivity contribution in [2.45, 2.75) is 69.6 Å². The second kappa shape index (κ2) is 14.6. The summed E-state index contributed by atoms with van der Waals surface area (Å²) < 4.78 is 20.3. The molecular weight excluding hydrogens is 753 g/mol. The summed E-state index contributed by atoms with van der Waals surface area (Å²) in [7, 11) is 2.07. The Bertz CT molecular complexity index is 2530. The minimum atomic E-state index is -0.999. The van der Waals surface area contributed by atoms with Crippen LogP contribution < -0.4 is 14.8 Å². The highest BCUT2D eigenvalue weighted by atomic mass is 16.5. The van der Waals surface area contributed by atoms with E-state index in [1.165, 1.54) is 5.39 Å². The molecule has 1 spiro atoms. The minimum Gasteiger partial charge on any atom is -0.494 e. The maximum atomic E-state index is 13.2. The summed E-state index contributed by atoms with van der Waals surface area (Å²) in [4.78, 5) is 74.8. The van der Waals surface area contributed by atoms with Crippen LogP contribution in [0.1, 0.15) is 72.1 Å². The minimum absolute atomic E-state index is 0.000929. The van der Waals surface area contributed by atoms with E-state index in [4.69, 9.17) is 14.2 Å². The highest BCUT2D eigenvalue weighted by molar-refractivity contribution is 6.23. The van der Waals surface area contributed by atoms with E-state index in [0.717, 1.165) is 71.2 Å². The first-order valence-corrected chi connectivity index (χ1v) is 20.5. The molecule has 2 aliphatic carbocycles. The first kappa shape index (κ1) is 37.1. The quantitative estimate of drug-likeness (QED) is 0.131. The topological polar surface area (TPSA) is 162 Å². The molecule has 2 aromatic carbocycles. The predicted octanol–water partition coefficient (Wildman–Crippen LogP) is 5.21. The van der Waals surface area contributed by atoms with E-state index < -0.39 is 29.7 Å². The van der Waals surface area contributed by atoms with Crippen molar-refractivity contribution >= 4 is 51.3 Å². The summed E-state index contributed by atoms with van der Waals surface area (Å²) in [6.45, 7) is 2.63. The standard InChI is InChI=1S/C45H44N6O8/c1-49-36-12-13-46-23-35(36)32-7-4-26(18-38(32)49)27-5-11-40(47-22-27)59-30-16-28(17-30)42(54)50-24-45(25-50)20-31(21-45)58-15-3-2-14-57-29-6-8-33-34(19-29)44(56)51(43(33)55)37-9-10-39(52)48-41(37)53/h4-8,11-13,18-19,22-23,28,30-31,37H,2-3,9-10,14-17,20-21,24-25H2,1H3,(H,48,52,53)/t28-,30+,37?. The van der Waals surface area contributed by atoms with Crippen LogP contribution in [0.4, 0.5) is 0 Å². The summed E-state index contributed by atoms with van der Waals surface area (Å²) >= 11 is 0. The van der Waals surface area contributed by atoms with E-state index in [2.05, 4.69) is 45.1 Å². The van der Waals surface area contributed by atoms with Crippen molar-refractivity contribution in [1.82, 2.24) is 29.7 Å². The van der Waals surface area contributed by atoms with Gasteiger partial charge in [0.2, 0.25) is 23.6 Å². The molecule has 5 aromatic rings. The van der Waals surface area contributed by atoms with E-state index in [9.17, 15) is 24.0 Å². The average molecular weight is 797 g/mol. The maximum absolute atomic E-state index is 13.2. The smallest absolute Gasteiger partial charge is 0.262 e. The molecule has 3 aromatic heterocycles. The molecule has 10 rings (SSSR count). The first-order chi connectivity index (χ1) is 28.6. The number of rotatable bonds is 12. The van der Waals surface area contributed by atoms with Crippen molar-refractivity contribution in [3.8, 4) is 22.8 Å². The average Bonchev–Trinajstić information content (AvgIpc) is 3.62. The van der Waals surface area contributed by atoms with Crippen LogP contribution in [0.15, 0.2) is 73.2 Å². The van der Waals surface area contributed by atoms with E-state index >= 15 is 0 Å². The van der Waals surface area contributed by atoms with Gasteiger partial charge in [0.05, 0.1) is 29.4 Å². The van der Waals surface area contributed by atoms with Gasteiger partial charge in [-0.15, -0.1) is 0 Å². The third kappa shape index (κ3) is 6.68. The van der Waals surface area contributed by atoms with Gasteiger partial charge < -0.3 is 23.7 Å². The molecule has 6 heterocycles. The number of aryl methyl sites for hydroxylation is 1. The van der Waals surface area contributed by atoms with Crippen molar-refractivity contribution in [3.05, 3.63) is 84.3 Å². The second-order valence-corrected chi connectivity index (χ2v) is 16.8. The zero-order valence-corrected chi connectivity index (χ0v) is 32.7. The number of hydrogen-bond donors (Lipinski definition) is 1. The fourth-order valence-corrected chi connectivity index (χ4v) is 9.53. The van der Waals surface area contributed by atoms with Gasteiger partial charge in [0.15, 0.2) is 0 Å². The Morgan fingerprint density at radius 2 is 1.64 bits per heavy atom. The van der Waals surface area contributed by atoms with Crippen molar-refractivity contribution in [3.63, 3.8) is 0 Å². The molecule has 1 N–H and O–H groups in total. The molecule has 5 amide bonds. The highest BCUT2D eigenvalue weighted by Gasteiger charge is 2.55. The fraction of sp³-hybridized carbons (Fsp3) is 0.400. The largest absolute Gasteiger partial charge is 0.494 e. The van der Waals surface area contributed by atoms with E-state index in [0.29, 0.717) is 37.7 Å². The number of imide groups is 2. The Morgan fingerprint density at radius 1 is 0.847 bits per heavy atom. The van der Waals surface area contributed by atoms with Crippen molar-refractivity contribution < 1.29 is 38.2 Å². The van der Waals surface area contributed by atoms with Crippen molar-refractivity contribution in [1.29, 1.82) is 0 Å². The van der Waals surface area contributed by atoms with E-state index in [1.54, 1.807) is 18.2 Å². The SMILES string of the molecule is Cn1c2ccncc2c2ccc(-c3ccc(O[C@H]4C[C@@H](C(=O)N5CC6(CC(OCCCCOc7ccc8c(c7)C(=O)N(C7CCC(=O)NC7=O)C8=O)C6)C5)C4)nc3)cc21. The van der Waals surface area contributed by atoms with Gasteiger partial charge in [0, 0.05) is 91.0 Å². The molecule has 2 saturated carbocycles. The number of nitrogens with zero attached hydrogens (tertiary/aromatic N) is 5. The monoisotopic (exact) mass is 796 g/mol.